The van der Waals surface area contributed by atoms with Gasteiger partial charge in [0, 0.05) is 0 Å². The third kappa shape index (κ3) is 5.29. The van der Waals surface area contributed by atoms with Crippen LogP contribution in [0.5, 0.6) is 0 Å². The first-order valence-electron chi connectivity index (χ1n) is 1.21. The van der Waals surface area contributed by atoms with Gasteiger partial charge in [0.15, 0.2) is 0 Å². The zero-order chi connectivity index (χ0) is 5.21. The summed E-state index contributed by atoms with van der Waals surface area (Å²) < 4.78 is 8.33. The van der Waals surface area contributed by atoms with Crippen molar-refractivity contribution in [3.05, 3.63) is 0 Å². The van der Waals surface area contributed by atoms with Gasteiger partial charge in [-0.25, -0.2) is 0 Å². The van der Waals surface area contributed by atoms with Crippen LogP contribution in [0.15, 0.2) is 0 Å². The second kappa shape index (κ2) is 2.56. The minimum absolute atomic E-state index is 1.41. The van der Waals surface area contributed by atoms with Crippen LogP contribution in [0, 0.1) is 0 Å². The number of hydrogen-bond donors (Lipinski definition) is 0. The molecule has 0 aromatic rings. The molecule has 0 aromatic heterocycles. The summed E-state index contributed by atoms with van der Waals surface area (Å²) in [6.45, 7) is 0. The van der Waals surface area contributed by atoms with Crippen molar-refractivity contribution in [1.29, 1.82) is 0 Å². The summed E-state index contributed by atoms with van der Waals surface area (Å²) in [6, 6.07) is 0. The minimum atomic E-state index is -2.06. The molecule has 6 heavy (non-hydrogen) atoms. The summed E-state index contributed by atoms with van der Waals surface area (Å²) in [5.74, 6) is 0. The van der Waals surface area contributed by atoms with Crippen LogP contribution < -0.4 is 0 Å². The van der Waals surface area contributed by atoms with Crippen molar-refractivity contribution in [2.24, 2.45) is 0 Å². The van der Waals surface area contributed by atoms with Crippen LogP contribution in [0.2, 0.25) is 0 Å². The van der Waals surface area contributed by atoms with Crippen LogP contribution in [0.25, 0.3) is 0 Å². The number of alkyl halides is 3. The molecule has 5 heteroatoms. The van der Waals surface area contributed by atoms with E-state index >= 15 is 0 Å². The van der Waals surface area contributed by atoms with E-state index in [1.165, 1.54) is 0 Å². The molecule has 0 bridgehead atoms. The first-order chi connectivity index (χ1) is 2.56. The van der Waals surface area contributed by atoms with Crippen molar-refractivity contribution in [2.45, 2.75) is 2.39 Å². The van der Waals surface area contributed by atoms with Crippen molar-refractivity contribution in [2.75, 3.05) is 0 Å². The van der Waals surface area contributed by atoms with Crippen molar-refractivity contribution >= 4 is 34.8 Å². The van der Waals surface area contributed by atoms with Crippen LogP contribution in [0.4, 0.5) is 0 Å². The molecule has 0 saturated heterocycles. The van der Waals surface area contributed by atoms with Crippen molar-refractivity contribution in [3.63, 3.8) is 0 Å². The normalized spacial score (nSPS) is 10.5. The van der Waals surface area contributed by atoms with Gasteiger partial charge in [-0.1, -0.05) is 0 Å². The molecule has 0 N–H and O–H groups in total. The summed E-state index contributed by atoms with van der Waals surface area (Å²) in [6.07, 6.45) is 0. The fraction of sp³-hybridized carbons (Fsp3) is 1.00. The Morgan fingerprint density at radius 1 is 1.33 bits per heavy atom. The van der Waals surface area contributed by atoms with Crippen molar-refractivity contribution in [1.82, 2.24) is 0 Å². The van der Waals surface area contributed by atoms with Gasteiger partial charge >= 0.3 is 57.8 Å². The predicted octanol–water partition coefficient (Wildman–Crippen LogP) is 1.74. The third-order valence-electron chi connectivity index (χ3n) is 0.164. The Morgan fingerprint density at radius 3 is 1.50 bits per heavy atom. The van der Waals surface area contributed by atoms with Gasteiger partial charge in [0.2, 0.25) is 0 Å². The molecule has 33 valence electrons. The molecule has 0 spiro atoms. The molecule has 0 aliphatic rings. The number of halogens is 3. The predicted molar refractivity (Wildman–Crippen MR) is 21.0 cm³/mol. The standard InChI is InChI=1S/CCl3.O.Zn/c2-1(3)4;;. The molecule has 0 aliphatic heterocycles. The Hall–Kier alpha value is 1.29. The van der Waals surface area contributed by atoms with Gasteiger partial charge in [-0.2, -0.15) is 0 Å². The van der Waals surface area contributed by atoms with Gasteiger partial charge in [-0.3, -0.25) is 0 Å². The average Bonchev–Trinajstić information content (AvgIpc) is 1.35. The van der Waals surface area contributed by atoms with E-state index in [0.717, 1.165) is 0 Å². The quantitative estimate of drug-likeness (QED) is 0.429. The zero-order valence-corrected chi connectivity index (χ0v) is 7.98. The van der Waals surface area contributed by atoms with E-state index in [1.54, 1.807) is 0 Å². The maximum absolute atomic E-state index is 9.74. The van der Waals surface area contributed by atoms with E-state index in [9.17, 15) is 3.57 Å². The molecule has 0 heterocycles. The van der Waals surface area contributed by atoms with Crippen LogP contribution in [0.3, 0.4) is 0 Å². The third-order valence-corrected chi connectivity index (χ3v) is 2.55. The van der Waals surface area contributed by atoms with E-state index in [1.807, 2.05) is 0 Å². The van der Waals surface area contributed by atoms with Gasteiger partial charge in [-0.15, -0.1) is 0 Å². The molecule has 0 aromatic carbocycles. The molecular weight excluding hydrogens is 200 g/mol. The van der Waals surface area contributed by atoms with Crippen molar-refractivity contribution < 1.29 is 20.7 Å². The monoisotopic (exact) mass is 197 g/mol. The van der Waals surface area contributed by atoms with Gasteiger partial charge in [0.05, 0.1) is 0 Å². The molecule has 0 unspecified atom stereocenters. The fourth-order valence-corrected chi connectivity index (χ4v) is 0. The fourth-order valence-electron chi connectivity index (χ4n) is 0. The summed E-state index contributed by atoms with van der Waals surface area (Å²) in [5.41, 5.74) is 0. The van der Waals surface area contributed by atoms with Crippen molar-refractivity contribution in [3.8, 4) is 0 Å². The average molecular weight is 200 g/mol. The molecule has 0 aliphatic carbocycles. The van der Waals surface area contributed by atoms with E-state index in [0.29, 0.717) is 0 Å². The molecule has 0 saturated carbocycles. The Kier molecular flexibility index (Phi) is 3.12. The van der Waals surface area contributed by atoms with E-state index in [2.05, 4.69) is 0 Å². The Morgan fingerprint density at radius 2 is 1.50 bits per heavy atom. The van der Waals surface area contributed by atoms with Gasteiger partial charge in [0.1, 0.15) is 0 Å². The second-order valence-electron chi connectivity index (χ2n) is 0.760. The van der Waals surface area contributed by atoms with Crippen LogP contribution in [0.1, 0.15) is 0 Å². The Balaban J connectivity index is 3.45. The number of rotatable bonds is 0. The summed E-state index contributed by atoms with van der Waals surface area (Å²) in [4.78, 5) is 0. The van der Waals surface area contributed by atoms with Crippen LogP contribution in [-0.2, 0) is 20.7 Å². The van der Waals surface area contributed by atoms with Gasteiger partial charge in [0.25, 0.3) is 0 Å². The molecule has 0 radical (unpaired) electrons. The molecular formula is CCl3OZn. The SMILES string of the molecule is [O]=[Zn][C](Cl)(Cl)Cl. The van der Waals surface area contributed by atoms with Crippen LogP contribution >= 0.6 is 34.8 Å². The molecule has 1 nitrogen and oxygen atoms in total. The number of hydrogen-bond acceptors (Lipinski definition) is 1. The van der Waals surface area contributed by atoms with E-state index in [-0.39, 0.29) is 0 Å². The first-order valence-corrected chi connectivity index (χ1v) is 5.04. The Bertz CT molecular complexity index is 56.3. The second-order valence-corrected chi connectivity index (χ2v) is 8.93. The molecule has 0 atom stereocenters. The maximum atomic E-state index is 9.74. The van der Waals surface area contributed by atoms with Crippen LogP contribution in [-0.4, -0.2) is 2.39 Å². The molecule has 0 amide bonds. The topological polar surface area (TPSA) is 17.1 Å². The summed E-state index contributed by atoms with van der Waals surface area (Å²) in [5, 5.41) is 0. The molecule has 0 fully saturated rings. The summed E-state index contributed by atoms with van der Waals surface area (Å²) >= 11 is 13.0. The molecule has 0 rings (SSSR count). The zero-order valence-electron chi connectivity index (χ0n) is 2.75. The van der Waals surface area contributed by atoms with Gasteiger partial charge in [-0.05, 0) is 0 Å². The van der Waals surface area contributed by atoms with E-state index < -0.39 is 19.5 Å². The van der Waals surface area contributed by atoms with E-state index in [4.69, 9.17) is 34.8 Å². The summed E-state index contributed by atoms with van der Waals surface area (Å²) in [7, 11) is 0. The van der Waals surface area contributed by atoms with Gasteiger partial charge < -0.3 is 0 Å². The Labute approximate surface area is 57.8 Å². The first kappa shape index (κ1) is 7.29.